The molecule has 1 aromatic heterocycles. The molecule has 1 aromatic carbocycles. The molecule has 0 saturated carbocycles. The third kappa shape index (κ3) is 4.67. The Bertz CT molecular complexity index is 839. The summed E-state index contributed by atoms with van der Waals surface area (Å²) < 4.78 is 45.8. The van der Waals surface area contributed by atoms with E-state index < -0.39 is 21.9 Å². The molecule has 140 valence electrons. The summed E-state index contributed by atoms with van der Waals surface area (Å²) in [5.74, 6) is 0.122. The second-order valence-electron chi connectivity index (χ2n) is 6.12. The van der Waals surface area contributed by atoms with Crippen LogP contribution in [0.4, 0.5) is 16.0 Å². The van der Waals surface area contributed by atoms with Crippen molar-refractivity contribution in [1.29, 1.82) is 0 Å². The first kappa shape index (κ1) is 18.5. The Morgan fingerprint density at radius 1 is 1.23 bits per heavy atom. The Kier molecular flexibility index (Phi) is 5.67. The smallest absolute Gasteiger partial charge is 0.236 e. The van der Waals surface area contributed by atoms with Crippen LogP contribution in [0.1, 0.15) is 24.5 Å². The molecule has 1 fully saturated rings. The maximum atomic E-state index is 13.1. The van der Waals surface area contributed by atoms with E-state index in [1.165, 1.54) is 37.6 Å². The van der Waals surface area contributed by atoms with Crippen LogP contribution in [0, 0.1) is 5.82 Å². The van der Waals surface area contributed by atoms with Crippen LogP contribution in [-0.4, -0.2) is 44.3 Å². The van der Waals surface area contributed by atoms with Crippen molar-refractivity contribution in [1.82, 2.24) is 9.97 Å². The molecule has 0 bridgehead atoms. The van der Waals surface area contributed by atoms with E-state index in [9.17, 15) is 12.8 Å². The number of benzene rings is 1. The molecule has 3 rings (SSSR count). The maximum absolute atomic E-state index is 13.1. The van der Waals surface area contributed by atoms with Gasteiger partial charge in [-0.1, -0.05) is 12.1 Å². The van der Waals surface area contributed by atoms with E-state index in [4.69, 9.17) is 4.74 Å². The van der Waals surface area contributed by atoms with Crippen LogP contribution in [0.25, 0.3) is 0 Å². The summed E-state index contributed by atoms with van der Waals surface area (Å²) in [5, 5.41) is 0. The number of nitrogens with one attached hydrogen (secondary N) is 1. The van der Waals surface area contributed by atoms with Gasteiger partial charge in [-0.25, -0.2) is 17.8 Å². The van der Waals surface area contributed by atoms with E-state index in [-0.39, 0.29) is 11.6 Å². The van der Waals surface area contributed by atoms with E-state index >= 15 is 0 Å². The zero-order chi connectivity index (χ0) is 18.6. The second-order valence-corrected chi connectivity index (χ2v) is 7.88. The highest BCUT2D eigenvalue weighted by atomic mass is 32.2. The number of rotatable bonds is 7. The standard InChI is InChI=1S/C17H21FN4O3S/c1-25-15(13-4-6-14(18)7-5-13)12-26(23,24)21-16-10-19-11-17(20-16)22-8-2-3-9-22/h4-7,10-11,15H,2-3,8-9,12H2,1H3,(H,20,21)/t15-/m0/s1. The molecule has 0 unspecified atom stereocenters. The molecule has 0 amide bonds. The van der Waals surface area contributed by atoms with Gasteiger partial charge < -0.3 is 9.64 Å². The SMILES string of the molecule is CO[C@@H](CS(=O)(=O)Nc1cncc(N2CCCC2)n1)c1ccc(F)cc1. The lowest BCUT2D eigenvalue weighted by molar-refractivity contribution is 0.122. The highest BCUT2D eigenvalue weighted by Gasteiger charge is 2.22. The van der Waals surface area contributed by atoms with Gasteiger partial charge in [-0.15, -0.1) is 0 Å². The van der Waals surface area contributed by atoms with Crippen LogP contribution >= 0.6 is 0 Å². The van der Waals surface area contributed by atoms with Crippen LogP contribution in [0.5, 0.6) is 0 Å². The molecule has 9 heteroatoms. The van der Waals surface area contributed by atoms with Gasteiger partial charge >= 0.3 is 0 Å². The van der Waals surface area contributed by atoms with Gasteiger partial charge in [0.2, 0.25) is 10.0 Å². The zero-order valence-electron chi connectivity index (χ0n) is 14.4. The lowest BCUT2D eigenvalue weighted by Gasteiger charge is -2.18. The first-order valence-electron chi connectivity index (χ1n) is 8.32. The predicted octanol–water partition coefficient (Wildman–Crippen LogP) is 2.35. The van der Waals surface area contributed by atoms with E-state index in [0.717, 1.165) is 25.9 Å². The molecule has 1 saturated heterocycles. The maximum Gasteiger partial charge on any atom is 0.236 e. The number of hydrogen-bond donors (Lipinski definition) is 1. The third-order valence-corrected chi connectivity index (χ3v) is 5.47. The van der Waals surface area contributed by atoms with Crippen molar-refractivity contribution >= 4 is 21.7 Å². The molecule has 0 spiro atoms. The van der Waals surface area contributed by atoms with Crippen LogP contribution in [0.15, 0.2) is 36.7 Å². The van der Waals surface area contributed by atoms with Crippen LogP contribution in [-0.2, 0) is 14.8 Å². The predicted molar refractivity (Wildman–Crippen MR) is 97.0 cm³/mol. The minimum absolute atomic E-state index is 0.170. The first-order chi connectivity index (χ1) is 12.5. The number of aromatic nitrogens is 2. The normalized spacial score (nSPS) is 15.8. The van der Waals surface area contributed by atoms with E-state index in [1.807, 2.05) is 0 Å². The molecule has 26 heavy (non-hydrogen) atoms. The molecule has 1 N–H and O–H groups in total. The van der Waals surface area contributed by atoms with Gasteiger partial charge in [0.05, 0.1) is 24.3 Å². The monoisotopic (exact) mass is 380 g/mol. The second kappa shape index (κ2) is 7.96. The summed E-state index contributed by atoms with van der Waals surface area (Å²) in [4.78, 5) is 10.5. The summed E-state index contributed by atoms with van der Waals surface area (Å²) in [6.45, 7) is 1.78. The topological polar surface area (TPSA) is 84.4 Å². The van der Waals surface area contributed by atoms with E-state index in [0.29, 0.717) is 11.4 Å². The minimum atomic E-state index is -3.73. The number of halogens is 1. The van der Waals surface area contributed by atoms with Gasteiger partial charge in [-0.05, 0) is 30.5 Å². The van der Waals surface area contributed by atoms with Crippen molar-refractivity contribution in [2.24, 2.45) is 0 Å². The van der Waals surface area contributed by atoms with Gasteiger partial charge in [-0.3, -0.25) is 9.71 Å². The molecule has 0 radical (unpaired) electrons. The first-order valence-corrected chi connectivity index (χ1v) is 9.98. The lowest BCUT2D eigenvalue weighted by atomic mass is 10.1. The number of hydrogen-bond acceptors (Lipinski definition) is 6. The lowest BCUT2D eigenvalue weighted by Crippen LogP contribution is -2.24. The molecular weight excluding hydrogens is 359 g/mol. The Morgan fingerprint density at radius 3 is 2.58 bits per heavy atom. The summed E-state index contributed by atoms with van der Waals surface area (Å²) in [7, 11) is -2.32. The van der Waals surface area contributed by atoms with Gasteiger partial charge in [0.25, 0.3) is 0 Å². The fourth-order valence-electron chi connectivity index (χ4n) is 2.88. The summed E-state index contributed by atoms with van der Waals surface area (Å²) in [5.41, 5.74) is 0.580. The quantitative estimate of drug-likeness (QED) is 0.794. The number of nitrogens with zero attached hydrogens (tertiary/aromatic N) is 3. The van der Waals surface area contributed by atoms with Crippen LogP contribution in [0.2, 0.25) is 0 Å². The van der Waals surface area contributed by atoms with Crippen molar-refractivity contribution in [3.8, 4) is 0 Å². The molecule has 0 aliphatic carbocycles. The molecule has 2 heterocycles. The fourth-order valence-corrected chi connectivity index (χ4v) is 4.11. The average Bonchev–Trinajstić information content (AvgIpc) is 3.15. The Morgan fingerprint density at radius 2 is 1.92 bits per heavy atom. The van der Waals surface area contributed by atoms with Gasteiger partial charge in [0.15, 0.2) is 5.82 Å². The number of methoxy groups -OCH3 is 1. The van der Waals surface area contributed by atoms with Crippen molar-refractivity contribution in [3.05, 3.63) is 48.0 Å². The summed E-state index contributed by atoms with van der Waals surface area (Å²) >= 11 is 0. The Labute approximate surface area is 152 Å². The number of anilines is 2. The molecule has 1 aliphatic rings. The van der Waals surface area contributed by atoms with Crippen molar-refractivity contribution in [2.75, 3.05) is 35.6 Å². The molecule has 7 nitrogen and oxygen atoms in total. The van der Waals surface area contributed by atoms with E-state index in [2.05, 4.69) is 19.6 Å². The number of sulfonamides is 1. The highest BCUT2D eigenvalue weighted by Crippen LogP contribution is 2.22. The van der Waals surface area contributed by atoms with Crippen LogP contribution < -0.4 is 9.62 Å². The fraction of sp³-hybridized carbons (Fsp3) is 0.412. The average molecular weight is 380 g/mol. The van der Waals surface area contributed by atoms with E-state index in [1.54, 1.807) is 6.20 Å². The molecule has 2 aromatic rings. The van der Waals surface area contributed by atoms with Crippen molar-refractivity contribution in [2.45, 2.75) is 18.9 Å². The summed E-state index contributed by atoms with van der Waals surface area (Å²) in [6, 6.07) is 5.55. The minimum Gasteiger partial charge on any atom is -0.376 e. The number of ether oxygens (including phenoxy) is 1. The van der Waals surface area contributed by atoms with Gasteiger partial charge in [0, 0.05) is 20.2 Å². The molecule has 1 atom stereocenters. The van der Waals surface area contributed by atoms with Gasteiger partial charge in [-0.2, -0.15) is 0 Å². The largest absolute Gasteiger partial charge is 0.376 e. The highest BCUT2D eigenvalue weighted by molar-refractivity contribution is 7.92. The Balaban J connectivity index is 1.71. The Hall–Kier alpha value is -2.26. The van der Waals surface area contributed by atoms with Crippen molar-refractivity contribution in [3.63, 3.8) is 0 Å². The molecule has 1 aliphatic heterocycles. The summed E-state index contributed by atoms with van der Waals surface area (Å²) in [6.07, 6.45) is 4.45. The van der Waals surface area contributed by atoms with Crippen molar-refractivity contribution < 1.29 is 17.5 Å². The third-order valence-electron chi connectivity index (χ3n) is 4.21. The molecular formula is C17H21FN4O3S. The van der Waals surface area contributed by atoms with Gasteiger partial charge in [0.1, 0.15) is 11.6 Å². The van der Waals surface area contributed by atoms with Crippen LogP contribution in [0.3, 0.4) is 0 Å². The zero-order valence-corrected chi connectivity index (χ0v) is 15.2.